The summed E-state index contributed by atoms with van der Waals surface area (Å²) in [6, 6.07) is 40.6. The second-order valence-electron chi connectivity index (χ2n) is 11.4. The SMILES string of the molecule is COC1CN(c2ccnc3ccc(-c4cn(C(c5ccccc5)(c5ccccc5)c5ccccc5)nc4C)cc23)CC1OC. The van der Waals surface area contributed by atoms with Crippen LogP contribution in [-0.4, -0.2) is 54.3 Å². The molecule has 0 radical (unpaired) electrons. The molecular weight excluding hydrogens is 544 g/mol. The van der Waals surface area contributed by atoms with Gasteiger partial charge in [0.15, 0.2) is 0 Å². The number of pyridine rings is 1. The zero-order valence-corrected chi connectivity index (χ0v) is 25.3. The summed E-state index contributed by atoms with van der Waals surface area (Å²) in [5.41, 5.74) is 8.00. The lowest BCUT2D eigenvalue weighted by Crippen LogP contribution is -2.38. The summed E-state index contributed by atoms with van der Waals surface area (Å²) in [7, 11) is 3.51. The molecule has 6 aromatic rings. The molecule has 0 N–H and O–H groups in total. The van der Waals surface area contributed by atoms with Crippen LogP contribution in [0.1, 0.15) is 22.4 Å². The Morgan fingerprint density at radius 1 is 0.705 bits per heavy atom. The topological polar surface area (TPSA) is 52.4 Å². The van der Waals surface area contributed by atoms with Gasteiger partial charge in [0.2, 0.25) is 0 Å². The first-order valence-corrected chi connectivity index (χ1v) is 15.1. The summed E-state index contributed by atoms with van der Waals surface area (Å²) in [6.45, 7) is 3.63. The number of methoxy groups -OCH3 is 2. The molecule has 0 amide bonds. The van der Waals surface area contributed by atoms with Gasteiger partial charge in [-0.25, -0.2) is 0 Å². The van der Waals surface area contributed by atoms with Crippen LogP contribution in [0.5, 0.6) is 0 Å². The summed E-state index contributed by atoms with van der Waals surface area (Å²) < 4.78 is 13.6. The van der Waals surface area contributed by atoms with E-state index in [0.717, 1.165) is 63.2 Å². The van der Waals surface area contributed by atoms with Crippen molar-refractivity contribution in [2.45, 2.75) is 24.7 Å². The number of rotatable bonds is 8. The predicted molar refractivity (Wildman–Crippen MR) is 176 cm³/mol. The molecule has 4 aromatic carbocycles. The van der Waals surface area contributed by atoms with Gasteiger partial charge in [0.25, 0.3) is 0 Å². The first-order chi connectivity index (χ1) is 21.6. The molecule has 1 aliphatic heterocycles. The van der Waals surface area contributed by atoms with Gasteiger partial charge < -0.3 is 14.4 Å². The molecule has 1 aliphatic rings. The molecule has 1 saturated heterocycles. The quantitative estimate of drug-likeness (QED) is 0.180. The summed E-state index contributed by atoms with van der Waals surface area (Å²) in [5.74, 6) is 0. The molecule has 220 valence electrons. The first-order valence-electron chi connectivity index (χ1n) is 15.1. The number of anilines is 1. The van der Waals surface area contributed by atoms with Gasteiger partial charge >= 0.3 is 0 Å². The number of hydrogen-bond donors (Lipinski definition) is 0. The van der Waals surface area contributed by atoms with Crippen LogP contribution in [0, 0.1) is 6.92 Å². The van der Waals surface area contributed by atoms with Crippen molar-refractivity contribution < 1.29 is 9.47 Å². The van der Waals surface area contributed by atoms with Crippen LogP contribution >= 0.6 is 0 Å². The van der Waals surface area contributed by atoms with Gasteiger partial charge in [-0.3, -0.25) is 9.67 Å². The first kappa shape index (κ1) is 28.0. The van der Waals surface area contributed by atoms with Gasteiger partial charge in [-0.15, -0.1) is 0 Å². The van der Waals surface area contributed by atoms with E-state index in [1.54, 1.807) is 14.2 Å². The minimum Gasteiger partial charge on any atom is -0.377 e. The van der Waals surface area contributed by atoms with Crippen molar-refractivity contribution >= 4 is 16.6 Å². The van der Waals surface area contributed by atoms with E-state index in [-0.39, 0.29) is 12.2 Å². The van der Waals surface area contributed by atoms with Crippen molar-refractivity contribution in [2.75, 3.05) is 32.2 Å². The third-order valence-electron chi connectivity index (χ3n) is 9.01. The average molecular weight is 581 g/mol. The number of aromatic nitrogens is 3. The number of aryl methyl sites for hydroxylation is 1. The van der Waals surface area contributed by atoms with Crippen LogP contribution in [0.25, 0.3) is 22.0 Å². The normalized spacial score (nSPS) is 16.9. The van der Waals surface area contributed by atoms with Crippen LogP contribution in [-0.2, 0) is 15.0 Å². The molecule has 2 aromatic heterocycles. The number of fused-ring (bicyclic) bond motifs is 1. The maximum Gasteiger partial charge on any atom is 0.138 e. The van der Waals surface area contributed by atoms with Crippen molar-refractivity contribution in [3.05, 3.63) is 150 Å². The van der Waals surface area contributed by atoms with Crippen molar-refractivity contribution in [1.29, 1.82) is 0 Å². The van der Waals surface area contributed by atoms with Gasteiger partial charge in [-0.1, -0.05) is 97.1 Å². The Balaban J connectivity index is 1.40. The van der Waals surface area contributed by atoms with Crippen LogP contribution in [0.2, 0.25) is 0 Å². The molecule has 1 fully saturated rings. The lowest BCUT2D eigenvalue weighted by molar-refractivity contribution is -0.00461. The Bertz CT molecular complexity index is 1760. The van der Waals surface area contributed by atoms with Gasteiger partial charge in [0, 0.05) is 56.3 Å². The third-order valence-corrected chi connectivity index (χ3v) is 9.01. The monoisotopic (exact) mass is 580 g/mol. The zero-order valence-electron chi connectivity index (χ0n) is 25.3. The van der Waals surface area contributed by atoms with E-state index < -0.39 is 5.54 Å². The lowest BCUT2D eigenvalue weighted by Gasteiger charge is -2.36. The highest BCUT2D eigenvalue weighted by molar-refractivity contribution is 5.95. The smallest absolute Gasteiger partial charge is 0.138 e. The molecule has 0 spiro atoms. The van der Waals surface area contributed by atoms with Crippen LogP contribution in [0.3, 0.4) is 0 Å². The van der Waals surface area contributed by atoms with Gasteiger partial charge in [0.1, 0.15) is 17.7 Å². The maximum atomic E-state index is 5.74. The van der Waals surface area contributed by atoms with E-state index in [1.165, 1.54) is 0 Å². The fourth-order valence-electron chi connectivity index (χ4n) is 6.82. The van der Waals surface area contributed by atoms with Crippen molar-refractivity contribution in [1.82, 2.24) is 14.8 Å². The summed E-state index contributed by atoms with van der Waals surface area (Å²) in [4.78, 5) is 7.05. The standard InChI is InChI=1S/C38H36N4O2/c1-27-33(28-19-20-34-32(23-28)35(21-22-39-34)41-25-36(43-2)37(26-41)44-3)24-42(40-27)38(29-13-7-4-8-14-29,30-15-9-5-10-16-30)31-17-11-6-12-18-31/h4-24,36-37H,25-26H2,1-3H3. The minimum atomic E-state index is -0.670. The largest absolute Gasteiger partial charge is 0.377 e. The Kier molecular flexibility index (Phi) is 7.46. The summed E-state index contributed by atoms with van der Waals surface area (Å²) in [5, 5.41) is 6.37. The van der Waals surface area contributed by atoms with Gasteiger partial charge in [0.05, 0.1) is 11.2 Å². The molecule has 2 unspecified atom stereocenters. The van der Waals surface area contributed by atoms with E-state index in [4.69, 9.17) is 19.6 Å². The Morgan fingerprint density at radius 2 is 1.25 bits per heavy atom. The third kappa shape index (κ3) is 4.67. The molecule has 7 rings (SSSR count). The highest BCUT2D eigenvalue weighted by atomic mass is 16.5. The van der Waals surface area contributed by atoms with Gasteiger partial charge in [-0.2, -0.15) is 5.10 Å². The Labute approximate surface area is 258 Å². The molecular formula is C38H36N4O2. The minimum absolute atomic E-state index is 0.0222. The van der Waals surface area contributed by atoms with Gasteiger partial charge in [-0.05, 0) is 47.4 Å². The van der Waals surface area contributed by atoms with Crippen LogP contribution < -0.4 is 4.90 Å². The van der Waals surface area contributed by atoms with E-state index in [0.29, 0.717) is 0 Å². The predicted octanol–water partition coefficient (Wildman–Crippen LogP) is 7.10. The Morgan fingerprint density at radius 3 is 1.77 bits per heavy atom. The highest BCUT2D eigenvalue weighted by Crippen LogP contribution is 2.42. The number of hydrogen-bond acceptors (Lipinski definition) is 5. The molecule has 0 aliphatic carbocycles. The zero-order chi connectivity index (χ0) is 30.1. The van der Waals surface area contributed by atoms with E-state index in [1.807, 2.05) is 6.20 Å². The van der Waals surface area contributed by atoms with Crippen LogP contribution in [0.15, 0.2) is 128 Å². The number of benzene rings is 4. The lowest BCUT2D eigenvalue weighted by atomic mass is 9.77. The maximum absolute atomic E-state index is 5.74. The average Bonchev–Trinajstić information content (AvgIpc) is 3.69. The second-order valence-corrected chi connectivity index (χ2v) is 11.4. The summed E-state index contributed by atoms with van der Waals surface area (Å²) in [6.07, 6.45) is 4.14. The second kappa shape index (κ2) is 11.7. The number of ether oxygens (including phenoxy) is 2. The molecule has 3 heterocycles. The van der Waals surface area contributed by atoms with Crippen molar-refractivity contribution in [3.63, 3.8) is 0 Å². The van der Waals surface area contributed by atoms with Crippen LogP contribution in [0.4, 0.5) is 5.69 Å². The van der Waals surface area contributed by atoms with E-state index >= 15 is 0 Å². The fourth-order valence-corrected chi connectivity index (χ4v) is 6.82. The van der Waals surface area contributed by atoms with Crippen molar-refractivity contribution in [2.24, 2.45) is 0 Å². The Hall–Kier alpha value is -4.78. The van der Waals surface area contributed by atoms with E-state index in [2.05, 4.69) is 138 Å². The fraction of sp³-hybridized carbons (Fsp3) is 0.211. The summed E-state index contributed by atoms with van der Waals surface area (Å²) >= 11 is 0. The molecule has 2 atom stereocenters. The highest BCUT2D eigenvalue weighted by Gasteiger charge is 2.40. The molecule has 6 heteroatoms. The van der Waals surface area contributed by atoms with Crippen molar-refractivity contribution in [3.8, 4) is 11.1 Å². The van der Waals surface area contributed by atoms with E-state index in [9.17, 15) is 0 Å². The molecule has 0 bridgehead atoms. The molecule has 6 nitrogen and oxygen atoms in total. The molecule has 44 heavy (non-hydrogen) atoms. The molecule has 0 saturated carbocycles. The number of nitrogens with zero attached hydrogens (tertiary/aromatic N) is 4.